The molecule has 0 atom stereocenters. The molecule has 0 aliphatic heterocycles. The van der Waals surface area contributed by atoms with Crippen LogP contribution in [0.1, 0.15) is 31.4 Å². The van der Waals surface area contributed by atoms with E-state index >= 15 is 0 Å². The number of furan rings is 1. The van der Waals surface area contributed by atoms with Crippen molar-refractivity contribution in [2.24, 2.45) is 5.92 Å². The van der Waals surface area contributed by atoms with Crippen molar-refractivity contribution < 1.29 is 18.5 Å². The molecule has 0 unspecified atom stereocenters. The molecule has 1 saturated carbocycles. The van der Waals surface area contributed by atoms with Gasteiger partial charge in [0, 0.05) is 11.5 Å². The number of hydrogen-bond acceptors (Lipinski definition) is 5. The van der Waals surface area contributed by atoms with Crippen molar-refractivity contribution in [3.63, 3.8) is 0 Å². The summed E-state index contributed by atoms with van der Waals surface area (Å²) < 4.78 is 16.4. The van der Waals surface area contributed by atoms with Crippen molar-refractivity contribution in [3.05, 3.63) is 42.1 Å². The van der Waals surface area contributed by atoms with Gasteiger partial charge >= 0.3 is 5.97 Å². The van der Waals surface area contributed by atoms with Crippen molar-refractivity contribution in [1.82, 2.24) is 5.16 Å². The highest BCUT2D eigenvalue weighted by Crippen LogP contribution is 2.29. The number of para-hydroxylation sites is 1. The number of rotatable bonds is 4. The number of ether oxygens (including phenoxy) is 1. The standard InChI is InChI=1S/C18H17NO4/c20-18(12-5-1-2-6-12)21-11-14-10-17(23-19-14)16-9-13-7-3-4-8-15(13)22-16/h3-4,7-10,12H,1-2,5-6,11H2. The van der Waals surface area contributed by atoms with Gasteiger partial charge in [0.2, 0.25) is 5.76 Å². The summed E-state index contributed by atoms with van der Waals surface area (Å²) in [6.07, 6.45) is 4.09. The minimum absolute atomic E-state index is 0.0525. The summed E-state index contributed by atoms with van der Waals surface area (Å²) >= 11 is 0. The van der Waals surface area contributed by atoms with E-state index in [0.29, 0.717) is 17.2 Å². The monoisotopic (exact) mass is 311 g/mol. The van der Waals surface area contributed by atoms with Gasteiger partial charge in [-0.25, -0.2) is 0 Å². The van der Waals surface area contributed by atoms with E-state index in [0.717, 1.165) is 36.7 Å². The number of carbonyl (C=O) groups excluding carboxylic acids is 1. The lowest BCUT2D eigenvalue weighted by atomic mass is 10.1. The molecule has 4 rings (SSSR count). The lowest BCUT2D eigenvalue weighted by molar-refractivity contribution is -0.149. The van der Waals surface area contributed by atoms with Gasteiger partial charge in [-0.05, 0) is 25.0 Å². The third-order valence-electron chi connectivity index (χ3n) is 4.28. The maximum Gasteiger partial charge on any atom is 0.309 e. The number of hydrogen-bond donors (Lipinski definition) is 0. The molecule has 1 aliphatic carbocycles. The van der Waals surface area contributed by atoms with Crippen molar-refractivity contribution in [1.29, 1.82) is 0 Å². The second-order valence-corrected chi connectivity index (χ2v) is 5.92. The molecule has 2 heterocycles. The highest BCUT2D eigenvalue weighted by molar-refractivity contribution is 5.81. The summed E-state index contributed by atoms with van der Waals surface area (Å²) in [4.78, 5) is 11.9. The zero-order valence-corrected chi connectivity index (χ0v) is 12.7. The van der Waals surface area contributed by atoms with Gasteiger partial charge in [-0.3, -0.25) is 4.79 Å². The summed E-state index contributed by atoms with van der Waals surface area (Å²) in [6.45, 7) is 0.138. The van der Waals surface area contributed by atoms with Gasteiger partial charge in [0.05, 0.1) is 5.92 Å². The molecular weight excluding hydrogens is 294 g/mol. The maximum atomic E-state index is 11.9. The fourth-order valence-electron chi connectivity index (χ4n) is 3.02. The van der Waals surface area contributed by atoms with E-state index < -0.39 is 0 Å². The van der Waals surface area contributed by atoms with Crippen LogP contribution in [0.5, 0.6) is 0 Å². The third kappa shape index (κ3) is 2.86. The molecule has 3 aromatic rings. The molecule has 5 nitrogen and oxygen atoms in total. The first-order chi connectivity index (χ1) is 11.3. The van der Waals surface area contributed by atoms with Crippen LogP contribution in [-0.2, 0) is 16.1 Å². The Balaban J connectivity index is 1.45. The van der Waals surface area contributed by atoms with E-state index in [1.807, 2.05) is 30.3 Å². The van der Waals surface area contributed by atoms with Gasteiger partial charge in [-0.2, -0.15) is 0 Å². The highest BCUT2D eigenvalue weighted by Gasteiger charge is 2.24. The molecule has 0 spiro atoms. The van der Waals surface area contributed by atoms with E-state index in [9.17, 15) is 4.79 Å². The Morgan fingerprint density at radius 1 is 1.17 bits per heavy atom. The third-order valence-corrected chi connectivity index (χ3v) is 4.28. The number of esters is 1. The lowest BCUT2D eigenvalue weighted by Gasteiger charge is -2.07. The average Bonchev–Trinajstić information content (AvgIpc) is 3.31. The molecular formula is C18H17NO4. The van der Waals surface area contributed by atoms with Crippen molar-refractivity contribution in [3.8, 4) is 11.5 Å². The average molecular weight is 311 g/mol. The summed E-state index contributed by atoms with van der Waals surface area (Å²) in [5.74, 6) is 1.08. The molecule has 2 aromatic heterocycles. The summed E-state index contributed by atoms with van der Waals surface area (Å²) in [7, 11) is 0. The van der Waals surface area contributed by atoms with Crippen LogP contribution in [0.2, 0.25) is 0 Å². The molecule has 0 N–H and O–H groups in total. The van der Waals surface area contributed by atoms with Gasteiger partial charge in [0.1, 0.15) is 17.9 Å². The Kier molecular flexibility index (Phi) is 3.61. The van der Waals surface area contributed by atoms with Crippen LogP contribution in [-0.4, -0.2) is 11.1 Å². The molecule has 0 radical (unpaired) electrons. The zero-order valence-electron chi connectivity index (χ0n) is 12.7. The Labute approximate surface area is 133 Å². The second kappa shape index (κ2) is 5.91. The van der Waals surface area contributed by atoms with Gasteiger partial charge in [-0.1, -0.05) is 36.2 Å². The predicted octanol–water partition coefficient (Wildman–Crippen LogP) is 4.32. The molecule has 1 fully saturated rings. The molecule has 0 bridgehead atoms. The number of carbonyl (C=O) groups is 1. The van der Waals surface area contributed by atoms with Crippen molar-refractivity contribution in [2.45, 2.75) is 32.3 Å². The highest BCUT2D eigenvalue weighted by atomic mass is 16.5. The van der Waals surface area contributed by atoms with E-state index in [1.54, 1.807) is 6.07 Å². The molecule has 5 heteroatoms. The SMILES string of the molecule is O=C(OCc1cc(-c2cc3ccccc3o2)on1)C1CCCC1. The summed E-state index contributed by atoms with van der Waals surface area (Å²) in [5, 5.41) is 4.96. The van der Waals surface area contributed by atoms with Crippen LogP contribution < -0.4 is 0 Å². The number of nitrogens with zero attached hydrogens (tertiary/aromatic N) is 1. The Bertz CT molecular complexity index is 793. The first-order valence-corrected chi connectivity index (χ1v) is 7.91. The normalized spacial score (nSPS) is 15.3. The van der Waals surface area contributed by atoms with Crippen LogP contribution in [0, 0.1) is 5.92 Å². The predicted molar refractivity (Wildman–Crippen MR) is 83.5 cm³/mol. The minimum Gasteiger partial charge on any atom is -0.459 e. The first-order valence-electron chi connectivity index (χ1n) is 7.91. The number of fused-ring (bicyclic) bond motifs is 1. The van der Waals surface area contributed by atoms with Gasteiger partial charge in [-0.15, -0.1) is 0 Å². The van der Waals surface area contributed by atoms with Crippen LogP contribution >= 0.6 is 0 Å². The van der Waals surface area contributed by atoms with Gasteiger partial charge < -0.3 is 13.7 Å². The quantitative estimate of drug-likeness (QED) is 0.671. The molecule has 0 saturated heterocycles. The summed E-state index contributed by atoms with van der Waals surface area (Å²) in [6, 6.07) is 11.4. The molecule has 1 aromatic carbocycles. The van der Waals surface area contributed by atoms with E-state index in [-0.39, 0.29) is 18.5 Å². The van der Waals surface area contributed by atoms with Gasteiger partial charge in [0.25, 0.3) is 0 Å². The number of aromatic nitrogens is 1. The van der Waals surface area contributed by atoms with Crippen LogP contribution in [0.25, 0.3) is 22.5 Å². The fourth-order valence-corrected chi connectivity index (χ4v) is 3.02. The molecule has 1 aliphatic rings. The lowest BCUT2D eigenvalue weighted by Crippen LogP contribution is -2.14. The van der Waals surface area contributed by atoms with E-state index in [4.69, 9.17) is 13.7 Å². The van der Waals surface area contributed by atoms with Crippen LogP contribution in [0.3, 0.4) is 0 Å². The molecule has 118 valence electrons. The Morgan fingerprint density at radius 2 is 2.00 bits per heavy atom. The Hall–Kier alpha value is -2.56. The second-order valence-electron chi connectivity index (χ2n) is 5.92. The molecule has 23 heavy (non-hydrogen) atoms. The fraction of sp³-hybridized carbons (Fsp3) is 0.333. The van der Waals surface area contributed by atoms with Crippen LogP contribution in [0.15, 0.2) is 45.3 Å². The van der Waals surface area contributed by atoms with Crippen molar-refractivity contribution >= 4 is 16.9 Å². The zero-order chi connectivity index (χ0) is 15.6. The largest absolute Gasteiger partial charge is 0.459 e. The first kappa shape index (κ1) is 14.1. The number of benzene rings is 1. The van der Waals surface area contributed by atoms with E-state index in [2.05, 4.69) is 5.16 Å². The Morgan fingerprint density at radius 3 is 2.83 bits per heavy atom. The minimum atomic E-state index is -0.129. The molecule has 0 amide bonds. The maximum absolute atomic E-state index is 11.9. The smallest absolute Gasteiger partial charge is 0.309 e. The van der Waals surface area contributed by atoms with Crippen LogP contribution in [0.4, 0.5) is 0 Å². The summed E-state index contributed by atoms with van der Waals surface area (Å²) in [5.41, 5.74) is 1.39. The topological polar surface area (TPSA) is 65.5 Å². The van der Waals surface area contributed by atoms with Gasteiger partial charge in [0.15, 0.2) is 5.76 Å². The van der Waals surface area contributed by atoms with Crippen molar-refractivity contribution in [2.75, 3.05) is 0 Å². The van der Waals surface area contributed by atoms with E-state index in [1.165, 1.54) is 0 Å².